The molecular formula is C65H81F4N5. The Morgan fingerprint density at radius 3 is 1.26 bits per heavy atom. The van der Waals surface area contributed by atoms with Gasteiger partial charge in [0, 0.05) is 83.9 Å². The van der Waals surface area contributed by atoms with E-state index in [0.29, 0.717) is 35.3 Å². The summed E-state index contributed by atoms with van der Waals surface area (Å²) < 4.78 is 53.7. The molecule has 5 aliphatic heterocycles. The number of rotatable bonds is 5. The maximum absolute atomic E-state index is 13.8. The summed E-state index contributed by atoms with van der Waals surface area (Å²) in [6.45, 7) is 52.4. The van der Waals surface area contributed by atoms with Crippen LogP contribution < -0.4 is 26.6 Å². The maximum Gasteiger partial charge on any atom is 0.146 e. The molecule has 394 valence electrons. The predicted octanol–water partition coefficient (Wildman–Crippen LogP) is 18.3. The molecule has 0 saturated carbocycles. The van der Waals surface area contributed by atoms with Gasteiger partial charge in [0.25, 0.3) is 0 Å². The molecule has 0 aliphatic carbocycles. The zero-order chi connectivity index (χ0) is 55.2. The molecule has 5 heterocycles. The summed E-state index contributed by atoms with van der Waals surface area (Å²) in [6, 6.07) is 28.6. The molecule has 9 heteroatoms. The number of benzene rings is 5. The zero-order valence-electron chi connectivity index (χ0n) is 46.7. The number of anilines is 5. The van der Waals surface area contributed by atoms with Gasteiger partial charge in [0.1, 0.15) is 23.3 Å². The molecule has 0 fully saturated rings. The van der Waals surface area contributed by atoms with E-state index in [2.05, 4.69) is 181 Å². The van der Waals surface area contributed by atoms with E-state index in [-0.39, 0.29) is 50.3 Å². The molecule has 0 aromatic heterocycles. The zero-order valence-corrected chi connectivity index (χ0v) is 46.7. The Morgan fingerprint density at radius 1 is 0.338 bits per heavy atom. The minimum Gasteiger partial charge on any atom is -0.358 e. The van der Waals surface area contributed by atoms with Gasteiger partial charge in [-0.2, -0.15) is 0 Å². The first-order chi connectivity index (χ1) is 34.4. The van der Waals surface area contributed by atoms with Gasteiger partial charge in [-0.1, -0.05) is 145 Å². The highest BCUT2D eigenvalue weighted by Crippen LogP contribution is 2.52. The van der Waals surface area contributed by atoms with Crippen LogP contribution in [-0.4, -0.2) is 0 Å². The van der Waals surface area contributed by atoms with Crippen molar-refractivity contribution in [3.05, 3.63) is 210 Å². The van der Waals surface area contributed by atoms with E-state index in [0.717, 1.165) is 67.8 Å². The van der Waals surface area contributed by atoms with Crippen LogP contribution in [0.15, 0.2) is 158 Å². The largest absolute Gasteiger partial charge is 0.358 e. The van der Waals surface area contributed by atoms with Crippen molar-refractivity contribution in [1.82, 2.24) is 0 Å². The van der Waals surface area contributed by atoms with Crippen LogP contribution in [-0.2, 0) is 27.1 Å². The van der Waals surface area contributed by atoms with Crippen molar-refractivity contribution in [2.75, 3.05) is 26.6 Å². The SMILES string of the molecule is C=C1Nc2c(F)cccc2C1(C)C(C)C.C=C1Nc2cc(F)ccc2C1(C)C(C)C.C=C1Nc2ccc(F)cc2C1(C)C(C)C.C=C1Nc2cccc(F)c2C1(C)C(C)C.C=C1Nc2ccccc2C1(C)C(C)C. The third-order valence-corrected chi connectivity index (χ3v) is 18.0. The van der Waals surface area contributed by atoms with E-state index in [1.807, 2.05) is 25.1 Å². The van der Waals surface area contributed by atoms with E-state index < -0.39 is 0 Å². The third kappa shape index (κ3) is 9.60. The molecule has 5 N–H and O–H groups in total. The Kier molecular flexibility index (Phi) is 16.1. The van der Waals surface area contributed by atoms with Crippen molar-refractivity contribution in [2.24, 2.45) is 29.6 Å². The number of fused-ring (bicyclic) bond motifs is 5. The molecule has 0 radical (unpaired) electrons. The number of nitrogens with one attached hydrogen (secondary N) is 5. The maximum atomic E-state index is 13.8. The third-order valence-electron chi connectivity index (χ3n) is 18.0. The fraction of sp³-hybridized carbons (Fsp3) is 0.385. The van der Waals surface area contributed by atoms with Crippen molar-refractivity contribution in [3.63, 3.8) is 0 Å². The van der Waals surface area contributed by atoms with Crippen LogP contribution in [0.4, 0.5) is 46.0 Å². The average molecular weight is 1010 g/mol. The highest BCUT2D eigenvalue weighted by molar-refractivity contribution is 5.72. The van der Waals surface area contributed by atoms with Gasteiger partial charge < -0.3 is 26.6 Å². The molecule has 5 unspecified atom stereocenters. The normalized spacial score (nSPS) is 24.4. The van der Waals surface area contributed by atoms with E-state index in [9.17, 15) is 17.6 Å². The summed E-state index contributed by atoms with van der Waals surface area (Å²) in [5.41, 5.74) is 14.0. The molecule has 0 saturated heterocycles. The summed E-state index contributed by atoms with van der Waals surface area (Å²) in [5, 5.41) is 16.0. The van der Waals surface area contributed by atoms with Gasteiger partial charge in [-0.15, -0.1) is 0 Å². The quantitative estimate of drug-likeness (QED) is 0.114. The topological polar surface area (TPSA) is 60.1 Å². The van der Waals surface area contributed by atoms with E-state index in [4.69, 9.17) is 0 Å². The highest BCUT2D eigenvalue weighted by atomic mass is 19.1. The van der Waals surface area contributed by atoms with Gasteiger partial charge in [0.05, 0.1) is 5.69 Å². The van der Waals surface area contributed by atoms with Crippen LogP contribution in [0.1, 0.15) is 132 Å². The Labute approximate surface area is 440 Å². The van der Waals surface area contributed by atoms with Crippen molar-refractivity contribution >= 4 is 28.4 Å². The van der Waals surface area contributed by atoms with Gasteiger partial charge in [-0.3, -0.25) is 0 Å². The first-order valence-corrected chi connectivity index (χ1v) is 26.0. The highest BCUT2D eigenvalue weighted by Gasteiger charge is 2.45. The standard InChI is InChI=1S/4C13H16FN.C13H17N/c1-8(2)13(4)9(3)15-12-6-5-10(14)7-11(12)13;1-8(2)13(4)9(3)15-12-7-10(14)5-6-11(12)13;1-8(2)13(4)9(3)15-11-7-5-6-10(14)12(11)13;1-8(2)13(4)9(3)15-12-10(13)6-5-7-11(12)14;1-9(2)13(4)10(3)14-12-8-6-5-7-11(12)13/h4*5-8,15H,3H2,1-2,4H3;5-9,14H,3H2,1-2,4H3. The van der Waals surface area contributed by atoms with Gasteiger partial charge in [-0.05, 0) is 141 Å². The van der Waals surface area contributed by atoms with E-state index in [1.165, 1.54) is 41.6 Å². The lowest BCUT2D eigenvalue weighted by Gasteiger charge is -2.30. The van der Waals surface area contributed by atoms with Gasteiger partial charge in [0.2, 0.25) is 0 Å². The fourth-order valence-corrected chi connectivity index (χ4v) is 10.9. The van der Waals surface area contributed by atoms with Crippen LogP contribution in [0.5, 0.6) is 0 Å². The molecule has 5 nitrogen and oxygen atoms in total. The second kappa shape index (κ2) is 21.0. The Balaban J connectivity index is 0.000000151. The number of hydrogen-bond donors (Lipinski definition) is 5. The van der Waals surface area contributed by atoms with Crippen LogP contribution in [0.3, 0.4) is 0 Å². The Hall–Kier alpha value is -6.48. The molecule has 5 aromatic carbocycles. The lowest BCUT2D eigenvalue weighted by Crippen LogP contribution is -2.29. The lowest BCUT2D eigenvalue weighted by atomic mass is 9.73. The van der Waals surface area contributed by atoms with Crippen molar-refractivity contribution in [2.45, 2.75) is 131 Å². The van der Waals surface area contributed by atoms with Crippen LogP contribution in [0.25, 0.3) is 0 Å². The molecule has 74 heavy (non-hydrogen) atoms. The number of halogens is 4. The molecule has 5 aliphatic rings. The van der Waals surface area contributed by atoms with Crippen molar-refractivity contribution in [1.29, 1.82) is 0 Å². The minimum atomic E-state index is -0.305. The predicted molar refractivity (Wildman–Crippen MR) is 307 cm³/mol. The molecule has 0 amide bonds. The first kappa shape index (κ1) is 56.8. The van der Waals surface area contributed by atoms with Crippen LogP contribution in [0, 0.1) is 52.9 Å². The number of hydrogen-bond acceptors (Lipinski definition) is 5. The minimum absolute atomic E-state index is 0.0800. The van der Waals surface area contributed by atoms with Crippen LogP contribution in [0.2, 0.25) is 0 Å². The van der Waals surface area contributed by atoms with Gasteiger partial charge in [0.15, 0.2) is 0 Å². The van der Waals surface area contributed by atoms with Crippen molar-refractivity contribution in [3.8, 4) is 0 Å². The van der Waals surface area contributed by atoms with Gasteiger partial charge in [-0.25, -0.2) is 17.6 Å². The van der Waals surface area contributed by atoms with Crippen LogP contribution >= 0.6 is 0 Å². The smallest absolute Gasteiger partial charge is 0.146 e. The Bertz CT molecular complexity index is 2990. The Morgan fingerprint density at radius 2 is 0.703 bits per heavy atom. The molecular weight excluding hydrogens is 927 g/mol. The fourth-order valence-electron chi connectivity index (χ4n) is 10.9. The van der Waals surface area contributed by atoms with Gasteiger partial charge >= 0.3 is 0 Å². The summed E-state index contributed by atoms with van der Waals surface area (Å²) in [4.78, 5) is 0. The molecule has 0 spiro atoms. The van der Waals surface area contributed by atoms with E-state index in [1.54, 1.807) is 24.3 Å². The monoisotopic (exact) mass is 1010 g/mol. The molecule has 0 bridgehead atoms. The lowest BCUT2D eigenvalue weighted by molar-refractivity contribution is 0.396. The molecule has 5 atom stereocenters. The summed E-state index contributed by atoms with van der Waals surface area (Å²) in [5.74, 6) is 1.36. The summed E-state index contributed by atoms with van der Waals surface area (Å²) >= 11 is 0. The second-order valence-electron chi connectivity index (χ2n) is 23.1. The molecule has 10 rings (SSSR count). The number of para-hydroxylation sites is 2. The van der Waals surface area contributed by atoms with E-state index >= 15 is 0 Å². The molecule has 5 aromatic rings. The number of allylic oxidation sites excluding steroid dienone is 5. The second-order valence-corrected chi connectivity index (χ2v) is 23.1. The average Bonchev–Trinajstić information content (AvgIpc) is 4.04. The summed E-state index contributed by atoms with van der Waals surface area (Å²) in [7, 11) is 0. The summed E-state index contributed by atoms with van der Waals surface area (Å²) in [6.07, 6.45) is 0. The van der Waals surface area contributed by atoms with Crippen molar-refractivity contribution < 1.29 is 17.6 Å². The first-order valence-electron chi connectivity index (χ1n) is 26.0.